The second-order valence-corrected chi connectivity index (χ2v) is 8.68. The lowest BCUT2D eigenvalue weighted by Crippen LogP contribution is -2.46. The molecular weight excluding hydrogens is 452 g/mol. The molecule has 0 atom stereocenters. The number of aromatic nitrogens is 3. The van der Waals surface area contributed by atoms with Crippen molar-refractivity contribution in [3.63, 3.8) is 0 Å². The van der Waals surface area contributed by atoms with Crippen molar-refractivity contribution < 1.29 is 4.79 Å². The third kappa shape index (κ3) is 4.52. The van der Waals surface area contributed by atoms with Crippen molar-refractivity contribution in [1.29, 1.82) is 0 Å². The van der Waals surface area contributed by atoms with Crippen LogP contribution in [0.5, 0.6) is 0 Å². The molecule has 2 aromatic heterocycles. The Balaban J connectivity index is 1.48. The number of nitrogens with one attached hydrogen (secondary N) is 1. The van der Waals surface area contributed by atoms with Gasteiger partial charge in [0.2, 0.25) is 10.3 Å². The van der Waals surface area contributed by atoms with E-state index < -0.39 is 0 Å². The Morgan fingerprint density at radius 1 is 1.10 bits per heavy atom. The molecule has 29 heavy (non-hydrogen) atoms. The first-order valence-corrected chi connectivity index (χ1v) is 11.3. The van der Waals surface area contributed by atoms with Gasteiger partial charge in [0.25, 0.3) is 5.91 Å². The smallest absolute Gasteiger partial charge is 0.272 e. The number of piperazine rings is 1. The number of nitrogens with zero attached hydrogens (tertiary/aromatic N) is 5. The van der Waals surface area contributed by atoms with Crippen LogP contribution in [0.3, 0.4) is 0 Å². The molecule has 1 aliphatic heterocycles. The van der Waals surface area contributed by atoms with E-state index >= 15 is 0 Å². The fraction of sp³-hybridized carbons (Fsp3) is 0.350. The summed E-state index contributed by atoms with van der Waals surface area (Å²) >= 11 is 4.97. The summed E-state index contributed by atoms with van der Waals surface area (Å²) in [5.74, 6) is -0.188. The van der Waals surface area contributed by atoms with Crippen LogP contribution in [0.15, 0.2) is 47.1 Å². The van der Waals surface area contributed by atoms with Crippen LogP contribution >= 0.6 is 27.3 Å². The van der Waals surface area contributed by atoms with Gasteiger partial charge >= 0.3 is 0 Å². The number of amides is 1. The van der Waals surface area contributed by atoms with Crippen LogP contribution in [-0.4, -0.2) is 58.3 Å². The minimum absolute atomic E-state index is 0.188. The second kappa shape index (κ2) is 9.06. The van der Waals surface area contributed by atoms with Crippen molar-refractivity contribution in [3.05, 3.63) is 52.8 Å². The average Bonchev–Trinajstić information content (AvgIpc) is 3.40. The van der Waals surface area contributed by atoms with Crippen LogP contribution in [0.25, 0.3) is 5.13 Å². The van der Waals surface area contributed by atoms with E-state index in [1.54, 1.807) is 10.6 Å². The number of halogens is 1. The number of rotatable bonds is 6. The Labute approximate surface area is 182 Å². The van der Waals surface area contributed by atoms with Gasteiger partial charge in [0.15, 0.2) is 0 Å². The average molecular weight is 475 g/mol. The monoisotopic (exact) mass is 474 g/mol. The predicted molar refractivity (Wildman–Crippen MR) is 120 cm³/mol. The Bertz CT molecular complexity index is 979. The Morgan fingerprint density at radius 2 is 1.86 bits per heavy atom. The van der Waals surface area contributed by atoms with Crippen molar-refractivity contribution in [3.8, 4) is 5.13 Å². The standard InChI is InChI=1S/C20H23BrN6OS/c1-2-9-25-11-13-26(14-12-25)19-23-24-20(29-19)27-10-5-8-17(27)18(28)22-16-7-4-3-6-15(16)21/h3-8,10H,2,9,11-14H2,1H3,(H,22,28). The van der Waals surface area contributed by atoms with Crippen molar-refractivity contribution >= 4 is 44.0 Å². The van der Waals surface area contributed by atoms with Gasteiger partial charge in [-0.25, -0.2) is 0 Å². The van der Waals surface area contributed by atoms with E-state index in [2.05, 4.69) is 48.2 Å². The van der Waals surface area contributed by atoms with Crippen LogP contribution in [-0.2, 0) is 0 Å². The fourth-order valence-corrected chi connectivity index (χ4v) is 4.67. The molecule has 0 aliphatic carbocycles. The lowest BCUT2D eigenvalue weighted by atomic mass is 10.3. The van der Waals surface area contributed by atoms with Gasteiger partial charge in [-0.2, -0.15) is 0 Å². The maximum Gasteiger partial charge on any atom is 0.272 e. The van der Waals surface area contributed by atoms with Crippen LogP contribution in [0.2, 0.25) is 0 Å². The predicted octanol–water partition coefficient (Wildman–Crippen LogP) is 3.88. The molecular formula is C20H23BrN6OS. The molecule has 1 saturated heterocycles. The molecule has 0 unspecified atom stereocenters. The molecule has 9 heteroatoms. The summed E-state index contributed by atoms with van der Waals surface area (Å²) in [5, 5.41) is 13.3. The first-order chi connectivity index (χ1) is 14.2. The van der Waals surface area contributed by atoms with Crippen molar-refractivity contribution in [1.82, 2.24) is 19.7 Å². The number of para-hydroxylation sites is 1. The lowest BCUT2D eigenvalue weighted by molar-refractivity contribution is 0.102. The van der Waals surface area contributed by atoms with E-state index in [1.165, 1.54) is 17.8 Å². The molecule has 1 aliphatic rings. The van der Waals surface area contributed by atoms with Gasteiger partial charge in [-0.3, -0.25) is 14.3 Å². The van der Waals surface area contributed by atoms with Gasteiger partial charge in [-0.15, -0.1) is 10.2 Å². The maximum absolute atomic E-state index is 12.8. The van der Waals surface area contributed by atoms with E-state index in [0.717, 1.165) is 48.0 Å². The van der Waals surface area contributed by atoms with E-state index in [4.69, 9.17) is 0 Å². The molecule has 1 aromatic carbocycles. The normalized spacial score (nSPS) is 14.9. The Kier molecular flexibility index (Phi) is 6.27. The first kappa shape index (κ1) is 20.1. The fourth-order valence-electron chi connectivity index (χ4n) is 3.39. The molecule has 3 aromatic rings. The summed E-state index contributed by atoms with van der Waals surface area (Å²) in [4.78, 5) is 17.6. The molecule has 0 radical (unpaired) electrons. The number of benzene rings is 1. The summed E-state index contributed by atoms with van der Waals surface area (Å²) in [5.41, 5.74) is 1.25. The summed E-state index contributed by atoms with van der Waals surface area (Å²) in [6, 6.07) is 11.2. The maximum atomic E-state index is 12.8. The zero-order chi connectivity index (χ0) is 20.2. The third-order valence-electron chi connectivity index (χ3n) is 4.90. The summed E-state index contributed by atoms with van der Waals surface area (Å²) < 4.78 is 2.63. The topological polar surface area (TPSA) is 66.3 Å². The van der Waals surface area contributed by atoms with E-state index in [1.807, 2.05) is 36.5 Å². The third-order valence-corrected chi connectivity index (χ3v) is 6.57. The molecule has 1 amide bonds. The molecule has 0 saturated carbocycles. The molecule has 4 rings (SSSR count). The molecule has 7 nitrogen and oxygen atoms in total. The highest BCUT2D eigenvalue weighted by atomic mass is 79.9. The number of hydrogen-bond acceptors (Lipinski definition) is 6. The number of hydrogen-bond donors (Lipinski definition) is 1. The van der Waals surface area contributed by atoms with Crippen molar-refractivity contribution in [2.24, 2.45) is 0 Å². The summed E-state index contributed by atoms with van der Waals surface area (Å²) in [6.45, 7) is 7.36. The second-order valence-electron chi connectivity index (χ2n) is 6.89. The molecule has 1 N–H and O–H groups in total. The zero-order valence-corrected chi connectivity index (χ0v) is 18.6. The Morgan fingerprint density at radius 3 is 2.62 bits per heavy atom. The summed E-state index contributed by atoms with van der Waals surface area (Å²) in [7, 11) is 0. The molecule has 0 bridgehead atoms. The van der Waals surface area contributed by atoms with Crippen LogP contribution in [0.1, 0.15) is 23.8 Å². The highest BCUT2D eigenvalue weighted by molar-refractivity contribution is 9.10. The van der Waals surface area contributed by atoms with Crippen molar-refractivity contribution in [2.75, 3.05) is 42.9 Å². The van der Waals surface area contributed by atoms with Crippen LogP contribution in [0, 0.1) is 0 Å². The van der Waals surface area contributed by atoms with Gasteiger partial charge in [-0.05, 0) is 53.2 Å². The Hall–Kier alpha value is -2.23. The van der Waals surface area contributed by atoms with Gasteiger partial charge in [0.05, 0.1) is 5.69 Å². The van der Waals surface area contributed by atoms with Gasteiger partial charge in [0.1, 0.15) is 5.69 Å². The first-order valence-electron chi connectivity index (χ1n) is 9.70. The largest absolute Gasteiger partial charge is 0.344 e. The van der Waals surface area contributed by atoms with E-state index in [0.29, 0.717) is 10.8 Å². The molecule has 0 spiro atoms. The zero-order valence-electron chi connectivity index (χ0n) is 16.2. The van der Waals surface area contributed by atoms with E-state index in [9.17, 15) is 4.79 Å². The van der Waals surface area contributed by atoms with Crippen molar-refractivity contribution in [2.45, 2.75) is 13.3 Å². The molecule has 152 valence electrons. The number of carbonyl (C=O) groups is 1. The molecule has 3 heterocycles. The van der Waals surface area contributed by atoms with E-state index in [-0.39, 0.29) is 5.91 Å². The minimum Gasteiger partial charge on any atom is -0.344 e. The number of carbonyl (C=O) groups excluding carboxylic acids is 1. The highest BCUT2D eigenvalue weighted by Crippen LogP contribution is 2.26. The summed E-state index contributed by atoms with van der Waals surface area (Å²) in [6.07, 6.45) is 3.03. The van der Waals surface area contributed by atoms with Gasteiger partial charge in [-0.1, -0.05) is 30.4 Å². The molecule has 1 fully saturated rings. The van der Waals surface area contributed by atoms with Gasteiger partial charge in [0, 0.05) is 36.8 Å². The lowest BCUT2D eigenvalue weighted by Gasteiger charge is -2.33. The van der Waals surface area contributed by atoms with Crippen LogP contribution in [0.4, 0.5) is 10.8 Å². The minimum atomic E-state index is -0.188. The van der Waals surface area contributed by atoms with Crippen LogP contribution < -0.4 is 10.2 Å². The number of anilines is 2. The van der Waals surface area contributed by atoms with Gasteiger partial charge < -0.3 is 10.2 Å². The quantitative estimate of drug-likeness (QED) is 0.587. The highest BCUT2D eigenvalue weighted by Gasteiger charge is 2.21. The SMILES string of the molecule is CCCN1CCN(c2nnc(-n3cccc3C(=O)Nc3ccccc3Br)s2)CC1.